The predicted molar refractivity (Wildman–Crippen MR) is 427 cm³/mol. The molecule has 23 N–H and O–H groups in total. The van der Waals surface area contributed by atoms with E-state index in [0.29, 0.717) is 69.8 Å². The van der Waals surface area contributed by atoms with Crippen LogP contribution in [0, 0.1) is 50.2 Å². The number of aliphatic hydroxyl groups excluding tert-OH is 22. The summed E-state index contributed by atoms with van der Waals surface area (Å²) in [4.78, 5) is 28.5. The van der Waals surface area contributed by atoms with Gasteiger partial charge in [-0.2, -0.15) is 0 Å². The molecule has 0 unspecified atom stereocenters. The molecule has 1 aromatic carbocycles. The summed E-state index contributed by atoms with van der Waals surface area (Å²) in [6.07, 6.45) is -58.0. The minimum atomic E-state index is -2.11. The maximum atomic E-state index is 15.5. The van der Waals surface area contributed by atoms with Crippen LogP contribution in [0.2, 0.25) is 0 Å². The van der Waals surface area contributed by atoms with Crippen molar-refractivity contribution in [3.05, 3.63) is 41.5 Å². The largest absolute Gasteiger partial charge is 0.504 e. The van der Waals surface area contributed by atoms with Crippen molar-refractivity contribution in [2.24, 2.45) is 50.2 Å². The highest BCUT2D eigenvalue weighted by Gasteiger charge is 2.72. The molecule has 0 radical (unpaired) electrons. The average molecular weight is 1850 g/mol. The number of carbonyl (C=O) groups excluding carboxylic acids is 2. The van der Waals surface area contributed by atoms with Gasteiger partial charge in [-0.3, -0.25) is 4.79 Å². The molecule has 47 atom stereocenters. The lowest BCUT2D eigenvalue weighted by atomic mass is 9.33. The van der Waals surface area contributed by atoms with Crippen LogP contribution in [-0.2, 0) is 90.1 Å². The van der Waals surface area contributed by atoms with Gasteiger partial charge in [-0.15, -0.1) is 0 Å². The molecular weight excluding hydrogens is 1720 g/mol. The first-order valence-electron chi connectivity index (χ1n) is 44.4. The van der Waals surface area contributed by atoms with Crippen LogP contribution in [0.5, 0.6) is 11.5 Å². The van der Waals surface area contributed by atoms with Crippen molar-refractivity contribution in [2.75, 3.05) is 53.4 Å². The lowest BCUT2D eigenvalue weighted by molar-refractivity contribution is -0.386. The first kappa shape index (κ1) is 101. The maximum Gasteiger partial charge on any atom is 0.331 e. The van der Waals surface area contributed by atoms with Crippen LogP contribution in [0.4, 0.5) is 0 Å². The van der Waals surface area contributed by atoms with E-state index in [2.05, 4.69) is 40.7 Å². The summed E-state index contributed by atoms with van der Waals surface area (Å²) in [6, 6.07) is 4.22. The third kappa shape index (κ3) is 18.8. The molecule has 734 valence electrons. The quantitative estimate of drug-likeness (QED) is 0.0187. The van der Waals surface area contributed by atoms with Gasteiger partial charge in [0.15, 0.2) is 61.6 Å². The molecule has 0 spiro atoms. The number of allylic oxidation sites excluding steroid dienone is 2. The molecule has 8 aliphatic heterocycles. The topological polar surface area (TPSA) is 666 Å². The molecule has 1 aromatic rings. The van der Waals surface area contributed by atoms with Gasteiger partial charge in [-0.05, 0) is 141 Å². The van der Waals surface area contributed by atoms with Crippen LogP contribution in [-0.4, -0.2) is 422 Å². The second-order valence-electron chi connectivity index (χ2n) is 39.1. The van der Waals surface area contributed by atoms with E-state index in [1.807, 2.05) is 6.92 Å². The lowest BCUT2D eigenvalue weighted by Crippen LogP contribution is -2.67. The number of hydrogen-bond donors (Lipinski definition) is 23. The molecular formula is C86H132O43. The summed E-state index contributed by atoms with van der Waals surface area (Å²) >= 11 is 0. The van der Waals surface area contributed by atoms with E-state index in [0.717, 1.165) is 11.6 Å². The number of benzene rings is 1. The van der Waals surface area contributed by atoms with Crippen LogP contribution < -0.4 is 4.74 Å². The molecule has 0 amide bonds. The number of ether oxygens (including phenoxy) is 18. The van der Waals surface area contributed by atoms with Crippen molar-refractivity contribution in [2.45, 2.75) is 359 Å². The van der Waals surface area contributed by atoms with Gasteiger partial charge in [-0.1, -0.05) is 59.3 Å². The van der Waals surface area contributed by atoms with Gasteiger partial charge in [-0.25, -0.2) is 4.79 Å². The van der Waals surface area contributed by atoms with Crippen molar-refractivity contribution in [1.82, 2.24) is 0 Å². The number of fused-ring (bicyclic) bond motifs is 7. The monoisotopic (exact) mass is 1850 g/mol. The highest BCUT2D eigenvalue weighted by molar-refractivity contribution is 5.87. The molecule has 14 rings (SSSR count). The second kappa shape index (κ2) is 39.7. The Balaban J connectivity index is 0.595. The smallest absolute Gasteiger partial charge is 0.331 e. The molecule has 0 bridgehead atoms. The van der Waals surface area contributed by atoms with E-state index in [4.69, 9.17) is 85.3 Å². The van der Waals surface area contributed by atoms with Crippen LogP contribution in [0.1, 0.15) is 125 Å². The Morgan fingerprint density at radius 1 is 0.473 bits per heavy atom. The average Bonchev–Trinajstić information content (AvgIpc) is 0.672. The van der Waals surface area contributed by atoms with Gasteiger partial charge < -0.3 is 203 Å². The van der Waals surface area contributed by atoms with Crippen molar-refractivity contribution in [3.8, 4) is 11.5 Å². The fraction of sp³-hybridized carbons (Fsp3) is 0.860. The van der Waals surface area contributed by atoms with Crippen LogP contribution >= 0.6 is 0 Å². The number of hydrogen-bond acceptors (Lipinski definition) is 43. The number of esters is 2. The van der Waals surface area contributed by atoms with Gasteiger partial charge in [0.1, 0.15) is 165 Å². The van der Waals surface area contributed by atoms with Gasteiger partial charge in [0.05, 0.1) is 77.1 Å². The number of phenols is 1. The molecule has 12 fully saturated rings. The number of aliphatic hydroxyl groups is 22. The zero-order valence-electron chi connectivity index (χ0n) is 73.2. The van der Waals surface area contributed by atoms with Gasteiger partial charge in [0.2, 0.25) is 6.29 Å². The number of methoxy groups -OCH3 is 1. The van der Waals surface area contributed by atoms with Crippen LogP contribution in [0.3, 0.4) is 0 Å². The van der Waals surface area contributed by atoms with Crippen molar-refractivity contribution >= 4 is 18.0 Å². The fourth-order valence-corrected chi connectivity index (χ4v) is 22.9. The Morgan fingerprint density at radius 3 is 1.67 bits per heavy atom. The standard InChI is InChI=1S/C86H132O43/c1-33-50(94)56(100)61(105)74(116-33)125-67-42(27-88)119-72(63(107)58(67)102)114-30-44-53(97)57(101)62(106)76(122-44)129-80(111)86-22-20-81(3,4)25-37(86)36-12-14-47-82(5)18-17-48(83(6,32-90)46(82)16-19-85(47,8)84(36,7)21-23-86)123-79-71(52(96)39(92)29-113-79)128-77-65(109)69(51(95)34(2)117-77)127-73-60(104)54(98)45(31-115-73)121-75-64(108)59(103)68(43(28-89)120-75)126-78-66(110)70(55(99)41(26-87)118-78)124-49(93)15-11-35-10-13-40(112-9)38(91)24-35/h10-13,15,24,33-34,37,39,41-48,50-79,87-92,94-110H,14,16-23,25-32H2,1-9H3/b15-11+/t33-,34-,37-,39-,41+,42+,43+,44+,45+,46+,47+,48-,50-,51-,52-,53+,54+,55+,56+,57-,58+,59+,60+,61+,62+,63+,64+,65+,66+,67+,68+,69+,70-,71+,72+,73-,74-,75-,76-,77-,78-,79-,82-,83-,84+,85+,86-/m0/s1. The highest BCUT2D eigenvalue weighted by atomic mass is 16.8. The Labute approximate surface area is 743 Å². The normalized spacial score (nSPS) is 50.7. The second-order valence-corrected chi connectivity index (χ2v) is 39.1. The van der Waals surface area contributed by atoms with Gasteiger partial charge >= 0.3 is 11.9 Å². The zero-order valence-corrected chi connectivity index (χ0v) is 73.2. The highest BCUT2D eigenvalue weighted by Crippen LogP contribution is 2.76. The first-order valence-corrected chi connectivity index (χ1v) is 44.4. The molecule has 8 saturated heterocycles. The van der Waals surface area contributed by atoms with Crippen molar-refractivity contribution < 1.29 is 212 Å². The van der Waals surface area contributed by atoms with E-state index in [1.54, 1.807) is 0 Å². The minimum Gasteiger partial charge on any atom is -0.504 e. The summed E-state index contributed by atoms with van der Waals surface area (Å²) < 4.78 is 106. The lowest BCUT2D eigenvalue weighted by Gasteiger charge is -2.71. The third-order valence-corrected chi connectivity index (χ3v) is 31.0. The SMILES string of the molecule is COc1ccc(/C=C/C(=O)O[C@@H]2[C@@H](O)[C@H](O[C@H]3[C@H](O)[C@@H](O)[C@H](O[C@@H]4CO[C@@H](O[C@@H]5[C@@H](O)[C@H](C)O[C@@H](O[C@H]6[C@H](O[C@H]7CC[C@@]8(C)[C@@H](CC[C@]9(C)[C@@H]8CC=C8[C@@H]%10CC(C)(C)CC[C@]%10(C(=O)O[C@@H]%10O[C@H](CO[C@@H]%11O[C@H](CO)[C@@H](O[C@@H]%12O[C@@H](C)[C@H](O)[C@@H](O)[C@H]%12O)[C@H](O)[C@H]%11O)[C@@H](O)[C@H](O)[C@H]%10O)CC[C@]89C)[C@]7(C)CO)OC[C@H](O)[C@@H]6O)[C@@H]5O)[C@H](O)[C@@H]4O)O[C@@H]3CO)O[C@H](CO)[C@H]2O)cc1O. The van der Waals surface area contributed by atoms with E-state index in [9.17, 15) is 122 Å². The van der Waals surface area contributed by atoms with E-state index >= 15 is 4.79 Å². The molecule has 43 nitrogen and oxygen atoms in total. The molecule has 13 aliphatic rings. The number of rotatable bonds is 25. The molecule has 8 heterocycles. The summed E-state index contributed by atoms with van der Waals surface area (Å²) in [5, 5.41) is 256. The van der Waals surface area contributed by atoms with E-state index in [1.165, 1.54) is 45.2 Å². The Hall–Kier alpha value is -4.24. The maximum absolute atomic E-state index is 15.5. The number of aromatic hydroxyl groups is 1. The Bertz CT molecular complexity index is 4000. The number of carbonyl (C=O) groups is 2. The molecule has 4 saturated carbocycles. The van der Waals surface area contributed by atoms with Crippen molar-refractivity contribution in [3.63, 3.8) is 0 Å². The Kier molecular flexibility index (Phi) is 31.0. The number of phenolic OH excluding ortho intramolecular Hbond substituents is 1. The summed E-state index contributed by atoms with van der Waals surface area (Å²) in [6.45, 7) is 11.0. The van der Waals surface area contributed by atoms with Gasteiger partial charge in [0, 0.05) is 11.5 Å². The zero-order chi connectivity index (χ0) is 93.7. The van der Waals surface area contributed by atoms with Crippen molar-refractivity contribution in [1.29, 1.82) is 0 Å². The minimum absolute atomic E-state index is 0.000201. The predicted octanol–water partition coefficient (Wildman–Crippen LogP) is -6.45. The summed E-state index contributed by atoms with van der Waals surface area (Å²) in [7, 11) is 1.34. The first-order chi connectivity index (χ1) is 60.9. The van der Waals surface area contributed by atoms with E-state index < -0.39 is 318 Å². The summed E-state index contributed by atoms with van der Waals surface area (Å²) in [5.41, 5.74) is -2.37. The molecule has 43 heteroatoms. The van der Waals surface area contributed by atoms with Crippen LogP contribution in [0.15, 0.2) is 35.9 Å². The summed E-state index contributed by atoms with van der Waals surface area (Å²) in [5.74, 6) is -2.46. The molecule has 0 aromatic heterocycles. The fourth-order valence-electron chi connectivity index (χ4n) is 22.9. The molecule has 129 heavy (non-hydrogen) atoms. The van der Waals surface area contributed by atoms with E-state index in [-0.39, 0.29) is 41.3 Å². The third-order valence-electron chi connectivity index (χ3n) is 31.0. The van der Waals surface area contributed by atoms with Crippen LogP contribution in [0.25, 0.3) is 6.08 Å². The Morgan fingerprint density at radius 2 is 1.02 bits per heavy atom. The molecule has 5 aliphatic carbocycles. The van der Waals surface area contributed by atoms with Gasteiger partial charge in [0.25, 0.3) is 0 Å².